The Labute approximate surface area is 182 Å². The van der Waals surface area contributed by atoms with Gasteiger partial charge in [-0.3, -0.25) is 4.79 Å². The zero-order valence-electron chi connectivity index (χ0n) is 16.8. The van der Waals surface area contributed by atoms with Gasteiger partial charge in [0.15, 0.2) is 9.84 Å². The molecule has 1 aromatic carbocycles. The first kappa shape index (κ1) is 20.0. The third-order valence-corrected chi connectivity index (χ3v) is 11.0. The van der Waals surface area contributed by atoms with Crippen molar-refractivity contribution >= 4 is 37.4 Å². The van der Waals surface area contributed by atoms with Gasteiger partial charge in [0.25, 0.3) is 0 Å². The van der Waals surface area contributed by atoms with Gasteiger partial charge in [0.05, 0.1) is 10.1 Å². The van der Waals surface area contributed by atoms with Crippen LogP contribution in [-0.2, 0) is 14.6 Å². The number of benzene rings is 1. The van der Waals surface area contributed by atoms with Crippen LogP contribution in [0.1, 0.15) is 70.6 Å². The molecule has 29 heavy (non-hydrogen) atoms. The minimum absolute atomic E-state index is 0.0264. The van der Waals surface area contributed by atoms with Gasteiger partial charge in [-0.05, 0) is 86.8 Å². The molecule has 1 amide bonds. The van der Waals surface area contributed by atoms with Gasteiger partial charge in [0.2, 0.25) is 5.91 Å². The van der Waals surface area contributed by atoms with Crippen LogP contribution in [0.4, 0.5) is 5.69 Å². The number of hydrogen-bond acceptors (Lipinski definition) is 3. The number of carbonyl (C=O) groups is 1. The molecule has 5 saturated carbocycles. The summed E-state index contributed by atoms with van der Waals surface area (Å²) in [7, 11) is -3.31. The maximum absolute atomic E-state index is 12.9. The average molecular weight is 480 g/mol. The Bertz CT molecular complexity index is 908. The van der Waals surface area contributed by atoms with E-state index in [9.17, 15) is 13.2 Å². The molecule has 0 aromatic heterocycles. The molecular weight excluding hydrogens is 450 g/mol. The summed E-state index contributed by atoms with van der Waals surface area (Å²) in [6.07, 6.45) is 11.3. The van der Waals surface area contributed by atoms with E-state index in [-0.39, 0.29) is 20.9 Å². The highest BCUT2D eigenvalue weighted by Crippen LogP contribution is 2.65. The van der Waals surface area contributed by atoms with Gasteiger partial charge >= 0.3 is 0 Å². The summed E-state index contributed by atoms with van der Waals surface area (Å²) in [5.41, 5.74) is 0.720. The second-order valence-electron chi connectivity index (χ2n) is 10.3. The zero-order valence-corrected chi connectivity index (χ0v) is 19.2. The number of hydrogen-bond donors (Lipinski definition) is 1. The monoisotopic (exact) mass is 479 g/mol. The summed E-state index contributed by atoms with van der Waals surface area (Å²) in [4.78, 5) is 13.3. The third-order valence-electron chi connectivity index (χ3n) is 7.83. The van der Waals surface area contributed by atoms with Crippen molar-refractivity contribution in [1.29, 1.82) is 0 Å². The number of nitrogens with one attached hydrogen (secondary N) is 1. The van der Waals surface area contributed by atoms with Gasteiger partial charge in [-0.15, -0.1) is 0 Å². The van der Waals surface area contributed by atoms with E-state index >= 15 is 0 Å². The topological polar surface area (TPSA) is 63.2 Å². The molecule has 5 aliphatic rings. The molecule has 5 aliphatic carbocycles. The number of alkyl halides is 1. The van der Waals surface area contributed by atoms with Crippen LogP contribution < -0.4 is 5.32 Å². The highest BCUT2D eigenvalue weighted by Gasteiger charge is 2.57. The fourth-order valence-corrected chi connectivity index (χ4v) is 10.6. The Kier molecular flexibility index (Phi) is 4.89. The highest BCUT2D eigenvalue weighted by atomic mass is 79.9. The van der Waals surface area contributed by atoms with Gasteiger partial charge in [-0.25, -0.2) is 8.42 Å². The van der Waals surface area contributed by atoms with Crippen molar-refractivity contribution in [1.82, 2.24) is 0 Å². The first-order valence-corrected chi connectivity index (χ1v) is 13.4. The second-order valence-corrected chi connectivity index (χ2v) is 14.2. The number of rotatable bonds is 5. The minimum atomic E-state index is -3.31. The van der Waals surface area contributed by atoms with Crippen LogP contribution in [0.2, 0.25) is 0 Å². The van der Waals surface area contributed by atoms with E-state index in [4.69, 9.17) is 0 Å². The lowest BCUT2D eigenvalue weighted by atomic mass is 9.48. The fourth-order valence-electron chi connectivity index (χ4n) is 7.23. The van der Waals surface area contributed by atoms with Crippen molar-refractivity contribution in [2.45, 2.75) is 85.1 Å². The lowest BCUT2D eigenvalue weighted by molar-refractivity contribution is -0.123. The lowest BCUT2D eigenvalue weighted by Gasteiger charge is -2.60. The fraction of sp³-hybridized carbons (Fsp3) is 0.696. The van der Waals surface area contributed by atoms with Gasteiger partial charge < -0.3 is 5.32 Å². The number of amides is 1. The van der Waals surface area contributed by atoms with Crippen LogP contribution in [0.3, 0.4) is 0 Å². The summed E-state index contributed by atoms with van der Waals surface area (Å²) < 4.78 is 26.0. The number of halogens is 1. The van der Waals surface area contributed by atoms with Crippen molar-refractivity contribution in [2.75, 3.05) is 5.32 Å². The van der Waals surface area contributed by atoms with E-state index in [1.807, 2.05) is 0 Å². The molecule has 5 fully saturated rings. The lowest BCUT2D eigenvalue weighted by Crippen LogP contribution is -2.53. The van der Waals surface area contributed by atoms with Crippen molar-refractivity contribution in [3.63, 3.8) is 0 Å². The molecule has 0 saturated heterocycles. The van der Waals surface area contributed by atoms with Crippen molar-refractivity contribution in [3.8, 4) is 0 Å². The van der Waals surface area contributed by atoms with Crippen LogP contribution in [-0.4, -0.2) is 23.9 Å². The van der Waals surface area contributed by atoms with Gasteiger partial charge in [0.1, 0.15) is 0 Å². The summed E-state index contributed by atoms with van der Waals surface area (Å²) >= 11 is 4.01. The molecule has 2 unspecified atom stereocenters. The predicted octanol–water partition coefficient (Wildman–Crippen LogP) is 5.47. The Balaban J connectivity index is 1.29. The second kappa shape index (κ2) is 7.08. The van der Waals surface area contributed by atoms with E-state index in [0.29, 0.717) is 17.0 Å². The van der Waals surface area contributed by atoms with Crippen molar-refractivity contribution in [2.24, 2.45) is 17.3 Å². The molecular formula is C23H30BrNO3S. The highest BCUT2D eigenvalue weighted by molar-refractivity contribution is 9.10. The molecule has 1 aromatic rings. The maximum Gasteiger partial charge on any atom is 0.224 e. The number of sulfone groups is 1. The van der Waals surface area contributed by atoms with Crippen LogP contribution in [0.15, 0.2) is 29.2 Å². The van der Waals surface area contributed by atoms with Gasteiger partial charge in [-0.1, -0.05) is 34.8 Å². The summed E-state index contributed by atoms with van der Waals surface area (Å²) in [6.45, 7) is 0. The molecule has 6 rings (SSSR count). The Morgan fingerprint density at radius 1 is 1.10 bits per heavy atom. The van der Waals surface area contributed by atoms with E-state index in [2.05, 4.69) is 21.2 Å². The quantitative estimate of drug-likeness (QED) is 0.569. The summed E-state index contributed by atoms with van der Waals surface area (Å²) in [5, 5.41) is 2.75. The molecule has 6 heteroatoms. The zero-order chi connectivity index (χ0) is 20.3. The molecule has 0 aliphatic heterocycles. The Morgan fingerprint density at radius 2 is 1.79 bits per heavy atom. The largest absolute Gasteiger partial charge is 0.326 e. The Morgan fingerprint density at radius 3 is 2.45 bits per heavy atom. The summed E-state index contributed by atoms with van der Waals surface area (Å²) in [5.74, 6) is 1.53. The molecule has 158 valence electrons. The van der Waals surface area contributed by atoms with E-state index < -0.39 is 9.84 Å². The molecule has 0 spiro atoms. The third kappa shape index (κ3) is 3.80. The van der Waals surface area contributed by atoms with Crippen LogP contribution in [0.5, 0.6) is 0 Å². The standard InChI is InChI=1S/C23H30BrNO3S/c24-23-12-16-8-17(13-23)11-22(10-16,15-23)14-21(26)25-18-4-3-7-20(9-18)29(27,28)19-5-1-2-6-19/h3-4,7,9,16-17,19H,1-2,5-6,8,10-15H2,(H,25,26). The van der Waals surface area contributed by atoms with E-state index in [1.54, 1.807) is 24.3 Å². The average Bonchev–Trinajstić information content (AvgIpc) is 3.14. The predicted molar refractivity (Wildman–Crippen MR) is 118 cm³/mol. The van der Waals surface area contributed by atoms with E-state index in [0.717, 1.165) is 43.9 Å². The molecule has 0 heterocycles. The van der Waals surface area contributed by atoms with Crippen molar-refractivity contribution in [3.05, 3.63) is 24.3 Å². The SMILES string of the molecule is O=C(CC12CC3CC(CC(Br)(C3)C1)C2)Nc1cccc(S(=O)(=O)C2CCCC2)c1. The Hall–Kier alpha value is -0.880. The van der Waals surface area contributed by atoms with Gasteiger partial charge in [0, 0.05) is 16.4 Å². The molecule has 1 N–H and O–H groups in total. The smallest absolute Gasteiger partial charge is 0.224 e. The number of anilines is 1. The molecule has 2 atom stereocenters. The first-order chi connectivity index (χ1) is 13.8. The first-order valence-electron chi connectivity index (χ1n) is 11.1. The minimum Gasteiger partial charge on any atom is -0.326 e. The van der Waals surface area contributed by atoms with Crippen LogP contribution >= 0.6 is 15.9 Å². The molecule has 4 bridgehead atoms. The van der Waals surface area contributed by atoms with Crippen molar-refractivity contribution < 1.29 is 13.2 Å². The normalized spacial score (nSPS) is 36.4. The summed E-state index contributed by atoms with van der Waals surface area (Å²) in [6, 6.07) is 6.86. The van der Waals surface area contributed by atoms with Crippen LogP contribution in [0.25, 0.3) is 0 Å². The number of carbonyl (C=O) groups excluding carboxylic acids is 1. The maximum atomic E-state index is 12.9. The molecule has 4 nitrogen and oxygen atoms in total. The van der Waals surface area contributed by atoms with E-state index in [1.165, 1.54) is 32.1 Å². The van der Waals surface area contributed by atoms with Crippen LogP contribution in [0, 0.1) is 17.3 Å². The van der Waals surface area contributed by atoms with Gasteiger partial charge in [-0.2, -0.15) is 0 Å². The molecule has 0 radical (unpaired) electrons.